The molecule has 0 spiro atoms. The van der Waals surface area contributed by atoms with E-state index in [2.05, 4.69) is 9.71 Å². The average molecular weight is 291 g/mol. The van der Waals surface area contributed by atoms with Gasteiger partial charge in [0.25, 0.3) is 10.0 Å². The van der Waals surface area contributed by atoms with Crippen LogP contribution in [0.15, 0.2) is 41.4 Å². The number of carboxylic acids is 1. The summed E-state index contributed by atoms with van der Waals surface area (Å²) in [6.45, 7) is 0. The zero-order valence-electron chi connectivity index (χ0n) is 9.99. The number of H-pyrrole nitrogens is 1. The summed E-state index contributed by atoms with van der Waals surface area (Å²) in [6, 6.07) is 8.77. The molecule has 0 bridgehead atoms. The molecule has 102 valence electrons. The van der Waals surface area contributed by atoms with Crippen LogP contribution in [0, 0.1) is 11.3 Å². The molecule has 0 aliphatic rings. The first-order chi connectivity index (χ1) is 9.42. The molecule has 0 amide bonds. The monoisotopic (exact) mass is 291 g/mol. The maximum atomic E-state index is 12.0. The van der Waals surface area contributed by atoms with Crippen LogP contribution in [0.4, 0.5) is 5.69 Å². The normalized spacial score (nSPS) is 10.8. The van der Waals surface area contributed by atoms with Crippen molar-refractivity contribution in [3.05, 3.63) is 47.8 Å². The Morgan fingerprint density at radius 3 is 2.45 bits per heavy atom. The number of nitrogens with zero attached hydrogens (tertiary/aromatic N) is 1. The van der Waals surface area contributed by atoms with Crippen molar-refractivity contribution in [1.29, 1.82) is 5.26 Å². The number of aromatic carboxylic acids is 1. The number of aromatic amines is 1. The van der Waals surface area contributed by atoms with Crippen LogP contribution in [0.5, 0.6) is 0 Å². The lowest BCUT2D eigenvalue weighted by molar-refractivity contribution is 0.0691. The first-order valence-corrected chi connectivity index (χ1v) is 6.85. The molecule has 2 rings (SSSR count). The maximum absolute atomic E-state index is 12.0. The van der Waals surface area contributed by atoms with Crippen LogP contribution >= 0.6 is 0 Å². The molecule has 1 aromatic heterocycles. The molecule has 0 saturated carbocycles. The van der Waals surface area contributed by atoms with E-state index in [1.165, 1.54) is 24.3 Å². The molecule has 7 nitrogen and oxygen atoms in total. The molecule has 0 atom stereocenters. The Labute approximate surface area is 114 Å². The molecule has 20 heavy (non-hydrogen) atoms. The topological polar surface area (TPSA) is 123 Å². The number of anilines is 1. The first kappa shape index (κ1) is 13.6. The second-order valence-corrected chi connectivity index (χ2v) is 5.53. The molecule has 1 aromatic carbocycles. The fourth-order valence-electron chi connectivity index (χ4n) is 1.48. The Hall–Kier alpha value is -2.79. The molecule has 0 radical (unpaired) electrons. The van der Waals surface area contributed by atoms with Crippen LogP contribution in [-0.4, -0.2) is 24.5 Å². The summed E-state index contributed by atoms with van der Waals surface area (Å²) in [5.74, 6) is -1.25. The van der Waals surface area contributed by atoms with Crippen molar-refractivity contribution in [2.45, 2.75) is 4.90 Å². The summed E-state index contributed by atoms with van der Waals surface area (Å²) in [6.07, 6.45) is 1.09. The van der Waals surface area contributed by atoms with E-state index in [4.69, 9.17) is 10.4 Å². The second kappa shape index (κ2) is 5.07. The van der Waals surface area contributed by atoms with Gasteiger partial charge in [-0.05, 0) is 30.3 Å². The number of aromatic nitrogens is 1. The summed E-state index contributed by atoms with van der Waals surface area (Å²) in [4.78, 5) is 12.9. The average Bonchev–Trinajstić information content (AvgIpc) is 2.90. The molecule has 0 unspecified atom stereocenters. The smallest absolute Gasteiger partial charge is 0.352 e. The van der Waals surface area contributed by atoms with Crippen LogP contribution in [0.25, 0.3) is 0 Å². The van der Waals surface area contributed by atoms with Gasteiger partial charge in [0.15, 0.2) is 0 Å². The molecule has 8 heteroatoms. The minimum absolute atomic E-state index is 0.181. The number of hydrogen-bond donors (Lipinski definition) is 3. The predicted molar refractivity (Wildman–Crippen MR) is 69.7 cm³/mol. The lowest BCUT2D eigenvalue weighted by Gasteiger charge is -2.05. The molecule has 0 aliphatic carbocycles. The summed E-state index contributed by atoms with van der Waals surface area (Å²) in [7, 11) is -3.87. The first-order valence-electron chi connectivity index (χ1n) is 5.37. The van der Waals surface area contributed by atoms with Crippen molar-refractivity contribution in [2.75, 3.05) is 4.72 Å². The molecular formula is C12H9N3O4S. The van der Waals surface area contributed by atoms with Gasteiger partial charge in [0.05, 0.1) is 11.6 Å². The van der Waals surface area contributed by atoms with Gasteiger partial charge in [-0.2, -0.15) is 5.26 Å². The molecule has 1 heterocycles. The van der Waals surface area contributed by atoms with Gasteiger partial charge in [-0.25, -0.2) is 13.2 Å². The van der Waals surface area contributed by atoms with Gasteiger partial charge in [-0.15, -0.1) is 0 Å². The van der Waals surface area contributed by atoms with Gasteiger partial charge < -0.3 is 10.1 Å². The van der Waals surface area contributed by atoms with Gasteiger partial charge in [-0.3, -0.25) is 4.72 Å². The minimum Gasteiger partial charge on any atom is -0.477 e. The lowest BCUT2D eigenvalue weighted by Crippen LogP contribution is -2.12. The summed E-state index contributed by atoms with van der Waals surface area (Å²) in [5.41, 5.74) is 0.468. The van der Waals surface area contributed by atoms with E-state index in [-0.39, 0.29) is 16.3 Å². The maximum Gasteiger partial charge on any atom is 0.352 e. The molecule has 0 aliphatic heterocycles. The van der Waals surface area contributed by atoms with Gasteiger partial charge >= 0.3 is 5.97 Å². The number of hydrogen-bond acceptors (Lipinski definition) is 4. The molecular weight excluding hydrogens is 282 g/mol. The predicted octanol–water partition coefficient (Wildman–Crippen LogP) is 1.39. The van der Waals surface area contributed by atoms with Gasteiger partial charge in [0.1, 0.15) is 10.6 Å². The number of carbonyl (C=O) groups is 1. The summed E-state index contributed by atoms with van der Waals surface area (Å²) in [5, 5.41) is 17.4. The van der Waals surface area contributed by atoms with E-state index in [1.54, 1.807) is 0 Å². The van der Waals surface area contributed by atoms with Crippen molar-refractivity contribution < 1.29 is 18.3 Å². The zero-order valence-corrected chi connectivity index (χ0v) is 10.8. The molecule has 3 N–H and O–H groups in total. The van der Waals surface area contributed by atoms with Crippen molar-refractivity contribution in [2.24, 2.45) is 0 Å². The third-order valence-corrected chi connectivity index (χ3v) is 3.82. The quantitative estimate of drug-likeness (QED) is 0.785. The number of nitrogens with one attached hydrogen (secondary N) is 2. The highest BCUT2D eigenvalue weighted by Gasteiger charge is 2.18. The van der Waals surface area contributed by atoms with Gasteiger partial charge in [-0.1, -0.05) is 0 Å². The Morgan fingerprint density at radius 1 is 1.30 bits per heavy atom. The fraction of sp³-hybridized carbons (Fsp3) is 0. The summed E-state index contributed by atoms with van der Waals surface area (Å²) >= 11 is 0. The van der Waals surface area contributed by atoms with Crippen molar-refractivity contribution >= 4 is 21.7 Å². The van der Waals surface area contributed by atoms with E-state index >= 15 is 0 Å². The number of benzene rings is 1. The highest BCUT2D eigenvalue weighted by atomic mass is 32.2. The SMILES string of the molecule is N#Cc1ccc(NS(=O)(=O)c2c[nH]c(C(=O)O)c2)cc1. The van der Waals surface area contributed by atoms with E-state index < -0.39 is 16.0 Å². The lowest BCUT2D eigenvalue weighted by atomic mass is 10.2. The number of nitriles is 1. The Kier molecular flexibility index (Phi) is 3.45. The molecule has 0 saturated heterocycles. The van der Waals surface area contributed by atoms with Crippen molar-refractivity contribution in [1.82, 2.24) is 4.98 Å². The highest BCUT2D eigenvalue weighted by molar-refractivity contribution is 7.92. The number of sulfonamides is 1. The van der Waals surface area contributed by atoms with Gasteiger partial charge in [0, 0.05) is 11.9 Å². The number of rotatable bonds is 4. The van der Waals surface area contributed by atoms with E-state index in [0.717, 1.165) is 12.3 Å². The van der Waals surface area contributed by atoms with E-state index in [0.29, 0.717) is 5.56 Å². The largest absolute Gasteiger partial charge is 0.477 e. The molecule has 2 aromatic rings. The summed E-state index contributed by atoms with van der Waals surface area (Å²) < 4.78 is 26.3. The standard InChI is InChI=1S/C12H9N3O4S/c13-6-8-1-3-9(4-2-8)15-20(18,19)10-5-11(12(16)17)14-7-10/h1-5,7,14-15H,(H,16,17). The minimum atomic E-state index is -3.87. The molecule has 0 fully saturated rings. The van der Waals surface area contributed by atoms with Crippen LogP contribution < -0.4 is 4.72 Å². The third-order valence-electron chi connectivity index (χ3n) is 2.46. The Bertz CT molecular complexity index is 785. The van der Waals surface area contributed by atoms with E-state index in [1.807, 2.05) is 6.07 Å². The van der Waals surface area contributed by atoms with Gasteiger partial charge in [0.2, 0.25) is 0 Å². The number of carboxylic acid groups (broad SMARTS) is 1. The van der Waals surface area contributed by atoms with Crippen LogP contribution in [0.1, 0.15) is 16.1 Å². The fourth-order valence-corrected chi connectivity index (χ4v) is 2.53. The van der Waals surface area contributed by atoms with Crippen LogP contribution in [0.2, 0.25) is 0 Å². The van der Waals surface area contributed by atoms with Crippen molar-refractivity contribution in [3.8, 4) is 6.07 Å². The van der Waals surface area contributed by atoms with Crippen LogP contribution in [0.3, 0.4) is 0 Å². The third kappa shape index (κ3) is 2.78. The van der Waals surface area contributed by atoms with E-state index in [9.17, 15) is 13.2 Å². The Balaban J connectivity index is 2.25. The van der Waals surface area contributed by atoms with Crippen LogP contribution in [-0.2, 0) is 10.0 Å². The Morgan fingerprint density at radius 2 is 1.95 bits per heavy atom. The second-order valence-electron chi connectivity index (χ2n) is 3.85. The van der Waals surface area contributed by atoms with Crippen molar-refractivity contribution in [3.63, 3.8) is 0 Å². The zero-order chi connectivity index (χ0) is 14.8. The highest BCUT2D eigenvalue weighted by Crippen LogP contribution is 2.17.